The fourth-order valence-electron chi connectivity index (χ4n) is 6.51. The number of anilines is 1. The zero-order chi connectivity index (χ0) is 28.0. The van der Waals surface area contributed by atoms with Crippen LogP contribution in [0.15, 0.2) is 60.0 Å². The zero-order valence-electron chi connectivity index (χ0n) is 22.8. The van der Waals surface area contributed by atoms with E-state index >= 15 is 0 Å². The molecule has 2 aliphatic heterocycles. The highest BCUT2D eigenvalue weighted by molar-refractivity contribution is 7.17. The molecule has 0 unspecified atom stereocenters. The summed E-state index contributed by atoms with van der Waals surface area (Å²) in [6.07, 6.45) is 7.28. The number of rotatable bonds is 7. The smallest absolute Gasteiger partial charge is 0.268 e. The number of oxazole rings is 1. The number of amides is 2. The van der Waals surface area contributed by atoms with Gasteiger partial charge in [0, 0.05) is 38.8 Å². The van der Waals surface area contributed by atoms with Crippen molar-refractivity contribution in [2.45, 2.75) is 31.8 Å². The number of thiophene rings is 1. The third-order valence-electron chi connectivity index (χ3n) is 8.62. The van der Waals surface area contributed by atoms with Crippen molar-refractivity contribution in [2.75, 3.05) is 44.7 Å². The lowest BCUT2D eigenvalue weighted by Gasteiger charge is -2.46. The molecule has 10 nitrogen and oxygen atoms in total. The lowest BCUT2D eigenvalue weighted by molar-refractivity contribution is -0.125. The van der Waals surface area contributed by atoms with Crippen LogP contribution in [0.4, 0.5) is 5.95 Å². The van der Waals surface area contributed by atoms with E-state index in [0.29, 0.717) is 16.6 Å². The molecule has 1 aromatic carbocycles. The van der Waals surface area contributed by atoms with Gasteiger partial charge in [-0.2, -0.15) is 0 Å². The molecule has 1 aliphatic carbocycles. The first-order valence-corrected chi connectivity index (χ1v) is 14.8. The minimum atomic E-state index is -0.205. The van der Waals surface area contributed by atoms with Crippen LogP contribution >= 0.6 is 11.3 Å². The molecule has 5 heterocycles. The Balaban J connectivity index is 1.17. The summed E-state index contributed by atoms with van der Waals surface area (Å²) < 4.78 is 13.1. The Morgan fingerprint density at radius 2 is 2.02 bits per heavy atom. The van der Waals surface area contributed by atoms with Crippen LogP contribution in [0.2, 0.25) is 0 Å². The summed E-state index contributed by atoms with van der Waals surface area (Å²) in [5.74, 6) is 0.984. The molecule has 4 aromatic rings. The lowest BCUT2D eigenvalue weighted by Crippen LogP contribution is -2.42. The normalized spacial score (nSPS) is 22.7. The number of nitrogens with zero attached hydrogens (tertiary/aromatic N) is 5. The number of fused-ring (bicyclic) bond motifs is 1. The van der Waals surface area contributed by atoms with Crippen molar-refractivity contribution in [2.24, 2.45) is 5.41 Å². The van der Waals surface area contributed by atoms with Gasteiger partial charge in [0.15, 0.2) is 12.2 Å². The first-order valence-electron chi connectivity index (χ1n) is 14.0. The zero-order valence-corrected chi connectivity index (χ0v) is 23.6. The minimum absolute atomic E-state index is 0.000223. The van der Waals surface area contributed by atoms with Gasteiger partial charge in [-0.3, -0.25) is 19.8 Å². The van der Waals surface area contributed by atoms with Crippen molar-refractivity contribution in [1.29, 1.82) is 0 Å². The average molecular weight is 573 g/mol. The Morgan fingerprint density at radius 3 is 2.80 bits per heavy atom. The van der Waals surface area contributed by atoms with Gasteiger partial charge in [-0.05, 0) is 60.6 Å². The number of carbonyl (C=O) groups is 2. The van der Waals surface area contributed by atoms with E-state index in [1.807, 2.05) is 11.0 Å². The molecule has 1 N–H and O–H groups in total. The van der Waals surface area contributed by atoms with E-state index in [0.717, 1.165) is 81.1 Å². The predicted octanol–water partition coefficient (Wildman–Crippen LogP) is 4.58. The standard InChI is InChI=1S/C30H32N6O4S/c1-2-27(37)35-8-7-30(18-35)14-21(15-30)36-23-13-20(17-34-9-11-39-12-10-34)3-4-22(23)32-29(36)33-28(38)26-6-5-25(41-26)24-16-31-19-40-24/h2-6,13,16,19,21H,1,7-12,14-15,17-18H2,(H,32,33,38). The molecule has 1 spiro atoms. The van der Waals surface area contributed by atoms with Crippen LogP contribution in [0.3, 0.4) is 0 Å². The molecule has 7 rings (SSSR count). The third kappa shape index (κ3) is 4.98. The Bertz CT molecular complexity index is 1600. The molecule has 1 saturated carbocycles. The molecule has 0 bridgehead atoms. The molecule has 3 aromatic heterocycles. The maximum Gasteiger partial charge on any atom is 0.268 e. The van der Waals surface area contributed by atoms with E-state index in [9.17, 15) is 9.59 Å². The molecule has 0 radical (unpaired) electrons. The first-order chi connectivity index (χ1) is 20.0. The average Bonchev–Trinajstić information content (AvgIpc) is 3.77. The van der Waals surface area contributed by atoms with Crippen molar-refractivity contribution < 1.29 is 18.7 Å². The summed E-state index contributed by atoms with van der Waals surface area (Å²) in [4.78, 5) is 40.2. The van der Waals surface area contributed by atoms with Crippen molar-refractivity contribution >= 4 is 40.1 Å². The molecular weight excluding hydrogens is 540 g/mol. The van der Waals surface area contributed by atoms with Crippen LogP contribution in [0.5, 0.6) is 0 Å². The summed E-state index contributed by atoms with van der Waals surface area (Å²) in [5, 5.41) is 3.11. The monoisotopic (exact) mass is 572 g/mol. The Labute approximate surface area is 241 Å². The second-order valence-electron chi connectivity index (χ2n) is 11.3. The van der Waals surface area contributed by atoms with Crippen LogP contribution in [-0.4, -0.2) is 75.5 Å². The summed E-state index contributed by atoms with van der Waals surface area (Å²) in [5.41, 5.74) is 3.20. The number of imidazole rings is 1. The molecule has 2 saturated heterocycles. The summed E-state index contributed by atoms with van der Waals surface area (Å²) in [7, 11) is 0. The van der Waals surface area contributed by atoms with Gasteiger partial charge in [-0.25, -0.2) is 9.97 Å². The number of hydrogen-bond donors (Lipinski definition) is 1. The molecule has 2 amide bonds. The van der Waals surface area contributed by atoms with Gasteiger partial charge in [-0.1, -0.05) is 12.6 Å². The number of aromatic nitrogens is 3. The van der Waals surface area contributed by atoms with Gasteiger partial charge in [0.25, 0.3) is 5.91 Å². The van der Waals surface area contributed by atoms with E-state index < -0.39 is 0 Å². The third-order valence-corrected chi connectivity index (χ3v) is 9.72. The van der Waals surface area contributed by atoms with Crippen LogP contribution in [0.1, 0.15) is 40.5 Å². The van der Waals surface area contributed by atoms with Crippen LogP contribution < -0.4 is 5.32 Å². The summed E-state index contributed by atoms with van der Waals surface area (Å²) >= 11 is 1.36. The number of carbonyl (C=O) groups excluding carboxylic acids is 2. The number of nitrogens with one attached hydrogen (secondary N) is 1. The predicted molar refractivity (Wildman–Crippen MR) is 156 cm³/mol. The van der Waals surface area contributed by atoms with Gasteiger partial charge >= 0.3 is 0 Å². The number of benzene rings is 1. The molecular formula is C30H32N6O4S. The highest BCUT2D eigenvalue weighted by Crippen LogP contribution is 2.55. The molecule has 212 valence electrons. The second-order valence-corrected chi connectivity index (χ2v) is 12.4. The molecule has 41 heavy (non-hydrogen) atoms. The molecule has 3 aliphatic rings. The maximum absolute atomic E-state index is 13.4. The van der Waals surface area contributed by atoms with Crippen molar-refractivity contribution in [3.8, 4) is 10.6 Å². The van der Waals surface area contributed by atoms with E-state index in [1.54, 1.807) is 12.3 Å². The fourth-order valence-corrected chi connectivity index (χ4v) is 7.37. The van der Waals surface area contributed by atoms with Gasteiger partial charge < -0.3 is 18.6 Å². The Morgan fingerprint density at radius 1 is 1.17 bits per heavy atom. The van der Waals surface area contributed by atoms with Crippen molar-refractivity contribution in [3.63, 3.8) is 0 Å². The molecule has 11 heteroatoms. The number of hydrogen-bond acceptors (Lipinski definition) is 8. The Hall–Kier alpha value is -3.80. The second kappa shape index (κ2) is 10.6. The van der Waals surface area contributed by atoms with Crippen molar-refractivity contribution in [1.82, 2.24) is 24.3 Å². The first kappa shape index (κ1) is 26.1. The molecule has 3 fully saturated rings. The number of ether oxygens (including phenoxy) is 1. The van der Waals surface area contributed by atoms with Crippen LogP contribution in [-0.2, 0) is 16.1 Å². The van der Waals surface area contributed by atoms with E-state index in [-0.39, 0.29) is 23.3 Å². The van der Waals surface area contributed by atoms with Gasteiger partial charge in [0.2, 0.25) is 11.9 Å². The van der Waals surface area contributed by atoms with E-state index in [1.165, 1.54) is 29.4 Å². The largest absolute Gasteiger partial charge is 0.443 e. The quantitative estimate of drug-likeness (QED) is 0.323. The van der Waals surface area contributed by atoms with Crippen molar-refractivity contribution in [3.05, 3.63) is 66.0 Å². The lowest BCUT2D eigenvalue weighted by atomic mass is 9.64. The van der Waals surface area contributed by atoms with Crippen LogP contribution in [0.25, 0.3) is 21.7 Å². The number of likely N-dealkylation sites (tertiary alicyclic amines) is 1. The van der Waals surface area contributed by atoms with Crippen LogP contribution in [0, 0.1) is 5.41 Å². The summed E-state index contributed by atoms with van der Waals surface area (Å²) in [6.45, 7) is 9.37. The van der Waals surface area contributed by atoms with Gasteiger partial charge in [-0.15, -0.1) is 11.3 Å². The fraction of sp³-hybridized carbons (Fsp3) is 0.400. The number of morpholine rings is 1. The SMILES string of the molecule is C=CC(=O)N1CCC2(CC(n3c(NC(=O)c4ccc(-c5cnco5)s4)nc4ccc(CN5CCOCC5)cc43)C2)C1. The Kier molecular flexibility index (Phi) is 6.72. The van der Waals surface area contributed by atoms with E-state index in [2.05, 4.69) is 44.5 Å². The van der Waals surface area contributed by atoms with E-state index in [4.69, 9.17) is 14.1 Å². The minimum Gasteiger partial charge on any atom is -0.443 e. The molecule has 0 atom stereocenters. The highest BCUT2D eigenvalue weighted by Gasteiger charge is 2.50. The van der Waals surface area contributed by atoms with Gasteiger partial charge in [0.1, 0.15) is 0 Å². The van der Waals surface area contributed by atoms with Gasteiger partial charge in [0.05, 0.1) is 40.2 Å². The topological polar surface area (TPSA) is 106 Å². The maximum atomic E-state index is 13.4. The summed E-state index contributed by atoms with van der Waals surface area (Å²) in [6, 6.07) is 10.2. The highest BCUT2D eigenvalue weighted by atomic mass is 32.1.